The summed E-state index contributed by atoms with van der Waals surface area (Å²) in [5.74, 6) is 2.08. The van der Waals surface area contributed by atoms with Crippen LogP contribution in [0, 0.1) is 11.8 Å². The Kier molecular flexibility index (Phi) is 45.7. The maximum absolute atomic E-state index is 12.6. The van der Waals surface area contributed by atoms with Gasteiger partial charge in [-0.2, -0.15) is 15.0 Å². The average Bonchev–Trinajstić information content (AvgIpc) is 0.941. The lowest BCUT2D eigenvalue weighted by atomic mass is 9.82. The molecule has 2 saturated heterocycles. The normalized spacial score (nSPS) is 17.5. The molecular weight excluding hydrogens is 1830 g/mol. The fourth-order valence-electron chi connectivity index (χ4n) is 20.4. The standard InChI is InChI=1S/C36H55N9O3.C35H54N10O3.C34H53N11O3/c37-31(35(47)48)18-19-33(46)44-23-20-28(21-24-44)39-34-30-16-10-11-17-32(30)40-36(41-34)38-25-29-26-45(43-42-29)22-12-5-3-1-2-4-7-13-27-14-8-6-9-15-27;36-31(34(47)48)17-16-29(46)22-25-12-14-27(15-13-25)40-33-30-10-4-5-11-32(30)41-35(42-33)39-23-28-24-45(44-43-28)21-7-19-37-18-6-20-38-26-8-2-1-3-9-26;1-43(23-27-24-45(42-41-27)20-8-18-36-17-7-19-37-25-9-3-2-4-10-25)34-39-30-12-6-5-11-28(30)32(40-34)38-26-15-21-44(22-16-26)31(46)14-13-29(35)33(47)48/h10-11,16-17,26-28,31H,1-9,12-15,18-25,37H2,(H,47,48)(H2,38,39,40,41);4-5,10-11,24-27,31,37-38H,1-3,6-9,12-23,36H2,(H,47,48)(H2,39,40,41,42);5-6,11-12,24-26,29,36-37H,2-4,7-10,13-23,35H2,1H3,(H,47,48)(H,38,39,40)/t31-;25?,27?,31-;29-/m000/s1. The Morgan fingerprint density at radius 2 is 0.771 bits per heavy atom. The predicted molar refractivity (Wildman–Crippen MR) is 563 cm³/mol. The molecule has 4 aliphatic carbocycles. The number of Topliss-reactive ketones (excluding diaryl/α,β-unsaturated/α-hetero) is 1. The zero-order valence-electron chi connectivity index (χ0n) is 85.0. The second-order valence-electron chi connectivity index (χ2n) is 40.6. The molecule has 3 atom stereocenters. The predicted octanol–water partition coefficient (Wildman–Crippen LogP) is 13.1. The summed E-state index contributed by atoms with van der Waals surface area (Å²) in [5.41, 5.74) is 21.8. The number of carboxylic acids is 3. The highest BCUT2D eigenvalue weighted by atomic mass is 16.4. The van der Waals surface area contributed by atoms with E-state index in [-0.39, 0.29) is 74.2 Å². The van der Waals surface area contributed by atoms with Crippen molar-refractivity contribution < 1.29 is 44.1 Å². The van der Waals surface area contributed by atoms with Gasteiger partial charge in [-0.25, -0.2) is 15.0 Å². The number of aliphatic carboxylic acids is 3. The van der Waals surface area contributed by atoms with Gasteiger partial charge in [0.25, 0.3) is 0 Å². The third kappa shape index (κ3) is 37.6. The number of piperidine rings is 2. The van der Waals surface area contributed by atoms with Crippen molar-refractivity contribution in [1.29, 1.82) is 0 Å². The number of nitrogens with zero attached hydrogens (tertiary/aromatic N) is 18. The van der Waals surface area contributed by atoms with Crippen molar-refractivity contribution in [3.63, 3.8) is 0 Å². The molecule has 6 aromatic heterocycles. The first-order chi connectivity index (χ1) is 70.2. The van der Waals surface area contributed by atoms with Gasteiger partial charge in [-0.3, -0.25) is 42.8 Å². The molecule has 786 valence electrons. The first-order valence-corrected chi connectivity index (χ1v) is 54.1. The van der Waals surface area contributed by atoms with Gasteiger partial charge in [-0.05, 0) is 216 Å². The van der Waals surface area contributed by atoms with Crippen LogP contribution in [-0.2, 0) is 68.0 Å². The summed E-state index contributed by atoms with van der Waals surface area (Å²) in [4.78, 5) is 105. The van der Waals surface area contributed by atoms with Crippen LogP contribution in [0.5, 0.6) is 0 Å². The number of aryl methyl sites for hydroxylation is 3. The van der Waals surface area contributed by atoms with Crippen molar-refractivity contribution in [2.24, 2.45) is 29.0 Å². The van der Waals surface area contributed by atoms with Gasteiger partial charge in [0, 0.05) is 125 Å². The van der Waals surface area contributed by atoms with Crippen LogP contribution in [0.2, 0.25) is 0 Å². The molecule has 4 saturated carbocycles. The Bertz CT molecular complexity index is 5350. The quantitative estimate of drug-likeness (QED) is 0.0157. The minimum Gasteiger partial charge on any atom is -0.480 e. The molecule has 18 N–H and O–H groups in total. The molecule has 15 rings (SSSR count). The first kappa shape index (κ1) is 110. The number of carboxylic acid groups (broad SMARTS) is 3. The van der Waals surface area contributed by atoms with Crippen LogP contribution >= 0.6 is 0 Å². The number of para-hydroxylation sites is 3. The zero-order chi connectivity index (χ0) is 101. The topological polar surface area (TPSA) is 529 Å². The Hall–Kier alpha value is -11.4. The van der Waals surface area contributed by atoms with Crippen LogP contribution in [0.25, 0.3) is 32.7 Å². The number of aromatic nitrogens is 15. The van der Waals surface area contributed by atoms with Gasteiger partial charge >= 0.3 is 17.9 Å². The molecule has 39 heteroatoms. The van der Waals surface area contributed by atoms with E-state index in [1.54, 1.807) is 9.80 Å². The molecule has 0 unspecified atom stereocenters. The highest BCUT2D eigenvalue weighted by Crippen LogP contribution is 2.35. The van der Waals surface area contributed by atoms with Gasteiger partial charge in [0.15, 0.2) is 0 Å². The van der Waals surface area contributed by atoms with E-state index in [1.807, 2.05) is 117 Å². The summed E-state index contributed by atoms with van der Waals surface area (Å²) < 4.78 is 5.74. The molecule has 2 amide bonds. The molecule has 6 aliphatic rings. The van der Waals surface area contributed by atoms with Crippen LogP contribution < -0.4 is 70.0 Å². The molecule has 144 heavy (non-hydrogen) atoms. The third-order valence-electron chi connectivity index (χ3n) is 29.1. The number of hydrogen-bond donors (Lipinski definition) is 15. The minimum atomic E-state index is -1.08. The number of amides is 2. The highest BCUT2D eigenvalue weighted by Gasteiger charge is 2.31. The number of anilines is 6. The van der Waals surface area contributed by atoms with Crippen molar-refractivity contribution in [3.8, 4) is 0 Å². The molecule has 0 radical (unpaired) electrons. The summed E-state index contributed by atoms with van der Waals surface area (Å²) >= 11 is 0. The summed E-state index contributed by atoms with van der Waals surface area (Å²) in [6.07, 6.45) is 50.1. The molecular formula is C105H162N30O9. The van der Waals surface area contributed by atoms with Crippen LogP contribution in [0.3, 0.4) is 0 Å². The lowest BCUT2D eigenvalue weighted by Gasteiger charge is -2.33. The highest BCUT2D eigenvalue weighted by molar-refractivity contribution is 5.92. The number of nitrogens with one attached hydrogen (secondary N) is 9. The van der Waals surface area contributed by atoms with Crippen LogP contribution in [0.4, 0.5) is 35.3 Å². The van der Waals surface area contributed by atoms with Gasteiger partial charge in [-0.1, -0.05) is 168 Å². The molecule has 9 aromatic rings. The van der Waals surface area contributed by atoms with Gasteiger partial charge in [0.05, 0.1) is 54.8 Å². The first-order valence-electron chi connectivity index (χ1n) is 54.1. The number of carbonyl (C=O) groups is 6. The van der Waals surface area contributed by atoms with E-state index < -0.39 is 36.0 Å². The Labute approximate surface area is 847 Å². The molecule has 0 spiro atoms. The van der Waals surface area contributed by atoms with E-state index in [1.165, 1.54) is 141 Å². The van der Waals surface area contributed by atoms with Crippen LogP contribution in [0.1, 0.15) is 287 Å². The monoisotopic (exact) mass is 1990 g/mol. The van der Waals surface area contributed by atoms with Gasteiger partial charge < -0.3 is 95.1 Å². The molecule has 39 nitrogen and oxygen atoms in total. The smallest absolute Gasteiger partial charge is 0.320 e. The molecule has 0 bridgehead atoms. The van der Waals surface area contributed by atoms with E-state index in [0.717, 1.165) is 228 Å². The Morgan fingerprint density at radius 1 is 0.389 bits per heavy atom. The molecule has 3 aromatic carbocycles. The lowest BCUT2D eigenvalue weighted by molar-refractivity contribution is -0.140. The Balaban J connectivity index is 0.000000181. The van der Waals surface area contributed by atoms with Gasteiger partial charge in [0.1, 0.15) is 58.4 Å². The number of unbranched alkanes of at least 4 members (excludes halogenated alkanes) is 6. The van der Waals surface area contributed by atoms with Crippen molar-refractivity contribution in [1.82, 2.24) is 106 Å². The summed E-state index contributed by atoms with van der Waals surface area (Å²) in [7, 11) is 1.96. The number of fused-ring (bicyclic) bond motifs is 3. The average molecular weight is 1990 g/mol. The maximum Gasteiger partial charge on any atom is 0.320 e. The number of carbonyl (C=O) groups excluding carboxylic acids is 3. The maximum atomic E-state index is 12.6. The van der Waals surface area contributed by atoms with E-state index in [4.69, 9.17) is 62.4 Å². The van der Waals surface area contributed by atoms with Crippen molar-refractivity contribution in [2.75, 3.05) is 104 Å². The summed E-state index contributed by atoms with van der Waals surface area (Å²) in [6, 6.07) is 22.9. The minimum absolute atomic E-state index is 0.0496. The number of hydrogen-bond acceptors (Lipinski definition) is 31. The van der Waals surface area contributed by atoms with Gasteiger partial charge in [0.2, 0.25) is 29.7 Å². The number of rotatable bonds is 57. The molecule has 6 fully saturated rings. The molecule has 8 heterocycles. The second-order valence-corrected chi connectivity index (χ2v) is 40.6. The van der Waals surface area contributed by atoms with E-state index in [9.17, 15) is 28.8 Å². The Morgan fingerprint density at radius 3 is 1.23 bits per heavy atom. The molecule has 2 aliphatic heterocycles. The van der Waals surface area contributed by atoms with Crippen LogP contribution in [-0.4, -0.2) is 256 Å². The lowest BCUT2D eigenvalue weighted by Crippen LogP contribution is -2.43. The third-order valence-corrected chi connectivity index (χ3v) is 29.1. The van der Waals surface area contributed by atoms with E-state index in [0.29, 0.717) is 76.0 Å². The van der Waals surface area contributed by atoms with Gasteiger partial charge in [-0.15, -0.1) is 15.3 Å². The number of nitrogens with two attached hydrogens (primary N) is 3. The zero-order valence-corrected chi connectivity index (χ0v) is 85.0. The SMILES string of the molecule is CN(Cc1cn(CCCNCCCNC2CCCCC2)nn1)c1nc(NC2CCN(C(=O)CC[C@H](N)C(=O)O)CC2)c2ccccc2n1.N[C@@H](CCC(=O)CC1CCC(Nc2nc(NCc3cn(CCCNCCCNC4CCCCC4)nn3)nc3ccccc23)CC1)C(=O)O.N[C@@H](CCC(=O)N1CCC(Nc2nc(NCc3cn(CCCCCCCCCC4CCCCC4)nn3)nc3ccccc23)CC1)C(=O)O. The largest absolute Gasteiger partial charge is 0.480 e. The van der Waals surface area contributed by atoms with Crippen LogP contribution in [0.15, 0.2) is 91.4 Å². The fraction of sp³-hybridized carbons (Fsp3) is 0.657. The van der Waals surface area contributed by atoms with Crippen molar-refractivity contribution >= 4 is 104 Å². The summed E-state index contributed by atoms with van der Waals surface area (Å²) in [5, 5.41) is 87.9. The van der Waals surface area contributed by atoms with Crippen molar-refractivity contribution in [2.45, 2.75) is 357 Å². The summed E-state index contributed by atoms with van der Waals surface area (Å²) in [6.45, 7) is 12.5. The number of benzene rings is 3. The second kappa shape index (κ2) is 59.9. The number of likely N-dealkylation sites (tertiary alicyclic amines) is 2. The van der Waals surface area contributed by atoms with E-state index >= 15 is 0 Å². The van der Waals surface area contributed by atoms with E-state index in [2.05, 4.69) is 78.8 Å². The number of ketones is 1. The fourth-order valence-corrected chi connectivity index (χ4v) is 20.4. The van der Waals surface area contributed by atoms with Crippen molar-refractivity contribution in [3.05, 3.63) is 108 Å².